The van der Waals surface area contributed by atoms with Gasteiger partial charge in [0.05, 0.1) is 17.7 Å². The van der Waals surface area contributed by atoms with E-state index in [9.17, 15) is 14.4 Å². The lowest BCUT2D eigenvalue weighted by Gasteiger charge is -2.20. The molecule has 0 spiro atoms. The third-order valence-electron chi connectivity index (χ3n) is 5.52. The molecule has 2 aromatic carbocycles. The van der Waals surface area contributed by atoms with Crippen molar-refractivity contribution in [1.82, 2.24) is 9.55 Å². The summed E-state index contributed by atoms with van der Waals surface area (Å²) in [5.74, 6) is -0.749. The van der Waals surface area contributed by atoms with E-state index >= 15 is 4.39 Å². The number of esters is 1. The zero-order valence-corrected chi connectivity index (χ0v) is 18.8. The number of nitrogens with zero attached hydrogens (tertiary/aromatic N) is 2. The average Bonchev–Trinajstić information content (AvgIpc) is 3.15. The van der Waals surface area contributed by atoms with Crippen molar-refractivity contribution in [3.05, 3.63) is 100 Å². The van der Waals surface area contributed by atoms with Crippen molar-refractivity contribution in [2.75, 3.05) is 0 Å². The Kier molecular flexibility index (Phi) is 7.03. The standard InChI is InChI=1S/C25H23FN2O4S/c1-2-20-22(32-24(30)17-11-7-4-8-12-17)21(26)23(33-20)28-14-13-18(27-25(28)31)15-19(29)16-9-5-3-6-10-16/h3-14,20-23H,2,15H2,1H3/t20-,21+,22-,23-/m1/s1. The molecule has 1 aromatic heterocycles. The summed E-state index contributed by atoms with van der Waals surface area (Å²) in [4.78, 5) is 41.6. The zero-order chi connectivity index (χ0) is 23.4. The molecule has 0 aliphatic carbocycles. The fourth-order valence-electron chi connectivity index (χ4n) is 3.78. The molecule has 0 saturated carbocycles. The van der Waals surface area contributed by atoms with Crippen LogP contribution in [0.25, 0.3) is 0 Å². The predicted octanol–water partition coefficient (Wildman–Crippen LogP) is 4.26. The Hall–Kier alpha value is -3.26. The van der Waals surface area contributed by atoms with Crippen LogP contribution in [-0.2, 0) is 11.2 Å². The van der Waals surface area contributed by atoms with Gasteiger partial charge < -0.3 is 4.74 Å². The average molecular weight is 467 g/mol. The van der Waals surface area contributed by atoms with Crippen molar-refractivity contribution in [2.24, 2.45) is 0 Å². The number of ketones is 1. The Labute approximate surface area is 194 Å². The smallest absolute Gasteiger partial charge is 0.348 e. The van der Waals surface area contributed by atoms with E-state index in [1.54, 1.807) is 60.7 Å². The van der Waals surface area contributed by atoms with Gasteiger partial charge in [-0.25, -0.2) is 14.0 Å². The summed E-state index contributed by atoms with van der Waals surface area (Å²) in [7, 11) is 0. The van der Waals surface area contributed by atoms with Crippen LogP contribution in [-0.4, -0.2) is 38.8 Å². The van der Waals surface area contributed by atoms with Crippen molar-refractivity contribution >= 4 is 23.5 Å². The van der Waals surface area contributed by atoms with E-state index in [2.05, 4.69) is 4.98 Å². The topological polar surface area (TPSA) is 78.3 Å². The fraction of sp³-hybridized carbons (Fsp3) is 0.280. The van der Waals surface area contributed by atoms with Crippen LogP contribution >= 0.6 is 11.8 Å². The Balaban J connectivity index is 1.49. The lowest BCUT2D eigenvalue weighted by Crippen LogP contribution is -2.36. The summed E-state index contributed by atoms with van der Waals surface area (Å²) in [6, 6.07) is 18.7. The molecule has 4 rings (SSSR count). The SMILES string of the molecule is CC[C@H]1S[C@@H](n2ccc(CC(=O)c3ccccc3)nc2=O)[C@@H](F)[C@@H]1OC(=O)c1ccccc1. The number of carbonyl (C=O) groups is 2. The Morgan fingerprint density at radius 2 is 1.67 bits per heavy atom. The van der Waals surface area contributed by atoms with Gasteiger partial charge in [-0.15, -0.1) is 11.8 Å². The van der Waals surface area contributed by atoms with Gasteiger partial charge in [0.25, 0.3) is 0 Å². The minimum atomic E-state index is -1.58. The van der Waals surface area contributed by atoms with Gasteiger partial charge >= 0.3 is 11.7 Å². The number of thioether (sulfide) groups is 1. The Morgan fingerprint density at radius 3 is 2.27 bits per heavy atom. The van der Waals surface area contributed by atoms with E-state index in [0.29, 0.717) is 23.2 Å². The second kappa shape index (κ2) is 10.1. The molecule has 0 amide bonds. The number of halogens is 1. The normalized spacial score (nSPS) is 22.1. The van der Waals surface area contributed by atoms with Gasteiger partial charge in [-0.05, 0) is 24.6 Å². The molecule has 4 atom stereocenters. The highest BCUT2D eigenvalue weighted by atomic mass is 32.2. The van der Waals surface area contributed by atoms with Gasteiger partial charge in [0.2, 0.25) is 0 Å². The van der Waals surface area contributed by atoms with Crippen LogP contribution in [0.4, 0.5) is 4.39 Å². The minimum Gasteiger partial charge on any atom is -0.454 e. The molecular weight excluding hydrogens is 443 g/mol. The molecule has 0 bridgehead atoms. The number of hydrogen-bond acceptors (Lipinski definition) is 6. The van der Waals surface area contributed by atoms with Gasteiger partial charge in [0, 0.05) is 17.0 Å². The largest absolute Gasteiger partial charge is 0.454 e. The van der Waals surface area contributed by atoms with E-state index in [1.165, 1.54) is 22.5 Å². The summed E-state index contributed by atoms with van der Waals surface area (Å²) in [5.41, 5.74) is 0.563. The number of alkyl halides is 1. The first-order valence-corrected chi connectivity index (χ1v) is 11.6. The van der Waals surface area contributed by atoms with Crippen LogP contribution in [0.2, 0.25) is 0 Å². The van der Waals surface area contributed by atoms with Crippen LogP contribution in [0.1, 0.15) is 45.1 Å². The molecule has 3 aromatic rings. The maximum absolute atomic E-state index is 15.4. The van der Waals surface area contributed by atoms with Crippen LogP contribution < -0.4 is 5.69 Å². The van der Waals surface area contributed by atoms with E-state index < -0.39 is 29.3 Å². The molecular formula is C25H23FN2O4S. The van der Waals surface area contributed by atoms with Crippen molar-refractivity contribution < 1.29 is 18.7 Å². The predicted molar refractivity (Wildman–Crippen MR) is 124 cm³/mol. The molecule has 2 heterocycles. The van der Waals surface area contributed by atoms with Crippen LogP contribution in [0, 0.1) is 0 Å². The van der Waals surface area contributed by atoms with Gasteiger partial charge in [0.15, 0.2) is 12.0 Å². The quantitative estimate of drug-likeness (QED) is 0.383. The van der Waals surface area contributed by atoms with Crippen molar-refractivity contribution in [3.8, 4) is 0 Å². The first-order chi connectivity index (χ1) is 16.0. The van der Waals surface area contributed by atoms with Gasteiger partial charge in [-0.3, -0.25) is 9.36 Å². The van der Waals surface area contributed by atoms with Gasteiger partial charge in [-0.2, -0.15) is 4.98 Å². The Morgan fingerprint density at radius 1 is 1.03 bits per heavy atom. The van der Waals surface area contributed by atoms with Crippen molar-refractivity contribution in [1.29, 1.82) is 0 Å². The molecule has 33 heavy (non-hydrogen) atoms. The molecule has 170 valence electrons. The molecule has 0 radical (unpaired) electrons. The first kappa shape index (κ1) is 22.9. The van der Waals surface area contributed by atoms with Crippen LogP contribution in [0.5, 0.6) is 0 Å². The number of Topliss-reactive ketones (excluding diaryl/α,β-unsaturated/α-hetero) is 1. The van der Waals surface area contributed by atoms with Crippen molar-refractivity contribution in [3.63, 3.8) is 0 Å². The van der Waals surface area contributed by atoms with Crippen LogP contribution in [0.15, 0.2) is 77.7 Å². The highest BCUT2D eigenvalue weighted by molar-refractivity contribution is 8.00. The Bertz CT molecular complexity index is 1190. The molecule has 1 aliphatic rings. The molecule has 6 nitrogen and oxygen atoms in total. The second-order valence-electron chi connectivity index (χ2n) is 7.73. The maximum Gasteiger partial charge on any atom is 0.348 e. The minimum absolute atomic E-state index is 0.0220. The van der Waals surface area contributed by atoms with E-state index in [-0.39, 0.29) is 17.5 Å². The summed E-state index contributed by atoms with van der Waals surface area (Å²) < 4.78 is 22.2. The van der Waals surface area contributed by atoms with Crippen LogP contribution in [0.3, 0.4) is 0 Å². The lowest BCUT2D eigenvalue weighted by atomic mass is 10.1. The zero-order valence-electron chi connectivity index (χ0n) is 18.0. The fourth-order valence-corrected chi connectivity index (χ4v) is 5.29. The number of aromatic nitrogens is 2. The molecule has 1 aliphatic heterocycles. The summed E-state index contributed by atoms with van der Waals surface area (Å²) in [6.45, 7) is 1.88. The number of hydrogen-bond donors (Lipinski definition) is 0. The molecule has 1 saturated heterocycles. The summed E-state index contributed by atoms with van der Waals surface area (Å²) in [6.07, 6.45) is -0.555. The third-order valence-corrected chi connectivity index (χ3v) is 7.24. The number of carbonyl (C=O) groups excluding carboxylic acids is 2. The number of ether oxygens (including phenoxy) is 1. The number of benzene rings is 2. The second-order valence-corrected chi connectivity index (χ2v) is 9.09. The van der Waals surface area contributed by atoms with Crippen molar-refractivity contribution in [2.45, 2.75) is 42.7 Å². The maximum atomic E-state index is 15.4. The van der Waals surface area contributed by atoms with E-state index in [0.717, 1.165) is 0 Å². The van der Waals surface area contributed by atoms with Gasteiger partial charge in [-0.1, -0.05) is 55.5 Å². The molecule has 0 unspecified atom stereocenters. The first-order valence-electron chi connectivity index (χ1n) is 10.7. The lowest BCUT2D eigenvalue weighted by molar-refractivity contribution is 0.00600. The third kappa shape index (κ3) is 5.06. The van der Waals surface area contributed by atoms with Gasteiger partial charge in [0.1, 0.15) is 11.5 Å². The molecule has 0 N–H and O–H groups in total. The highest BCUT2D eigenvalue weighted by Crippen LogP contribution is 2.45. The summed E-state index contributed by atoms with van der Waals surface area (Å²) >= 11 is 1.25. The van der Waals surface area contributed by atoms with E-state index in [1.807, 2.05) is 13.0 Å². The highest BCUT2D eigenvalue weighted by Gasteiger charge is 2.47. The molecule has 1 fully saturated rings. The van der Waals surface area contributed by atoms with E-state index in [4.69, 9.17) is 4.74 Å². The summed E-state index contributed by atoms with van der Waals surface area (Å²) in [5, 5.41) is -1.17. The molecule has 8 heteroatoms. The number of rotatable bonds is 7. The monoisotopic (exact) mass is 466 g/mol.